The number of rotatable bonds is 3. The molecule has 0 aliphatic heterocycles. The number of hydrogen-bond donors (Lipinski definition) is 2. The highest BCUT2D eigenvalue weighted by Gasteiger charge is 2.29. The van der Waals surface area contributed by atoms with Crippen LogP contribution in [-0.2, 0) is 9.59 Å². The van der Waals surface area contributed by atoms with Gasteiger partial charge in [-0.15, -0.1) is 0 Å². The highest BCUT2D eigenvalue weighted by Crippen LogP contribution is 2.26. The summed E-state index contributed by atoms with van der Waals surface area (Å²) in [5.41, 5.74) is 0.637. The molecular weight excluding hydrogens is 264 g/mol. The number of aliphatic hydroxyl groups excluding tert-OH is 1. The molecule has 2 unspecified atom stereocenters. The van der Waals surface area contributed by atoms with Crippen LogP contribution in [0.5, 0.6) is 0 Å². The van der Waals surface area contributed by atoms with Crippen molar-refractivity contribution in [1.29, 1.82) is 0 Å². The number of nitrogens with one attached hydrogen (secondary N) is 1. The Kier molecular flexibility index (Phi) is 4.55. The minimum Gasteiger partial charge on any atom is -0.393 e. The molecule has 1 aliphatic carbocycles. The molecule has 0 spiro atoms. The van der Waals surface area contributed by atoms with E-state index in [1.807, 2.05) is 5.38 Å². The maximum Gasteiger partial charge on any atom is 0.313 e. The van der Waals surface area contributed by atoms with Crippen LogP contribution in [0.2, 0.25) is 0 Å². The molecule has 2 N–H and O–H groups in total. The van der Waals surface area contributed by atoms with Gasteiger partial charge in [0.1, 0.15) is 0 Å². The molecule has 19 heavy (non-hydrogen) atoms. The van der Waals surface area contributed by atoms with Crippen LogP contribution in [0.1, 0.15) is 19.3 Å². The van der Waals surface area contributed by atoms with Gasteiger partial charge in [0.15, 0.2) is 0 Å². The number of likely N-dealkylation sites (N-methyl/N-ethyl adjacent to an activating group) is 1. The van der Waals surface area contributed by atoms with E-state index >= 15 is 0 Å². The fourth-order valence-corrected chi connectivity index (χ4v) is 2.95. The van der Waals surface area contributed by atoms with Crippen LogP contribution < -0.4 is 5.32 Å². The van der Waals surface area contributed by atoms with Crippen LogP contribution >= 0.6 is 11.3 Å². The van der Waals surface area contributed by atoms with Crippen molar-refractivity contribution >= 4 is 28.8 Å². The van der Waals surface area contributed by atoms with Gasteiger partial charge < -0.3 is 15.3 Å². The average molecular weight is 282 g/mol. The summed E-state index contributed by atoms with van der Waals surface area (Å²) >= 11 is 1.46. The topological polar surface area (TPSA) is 69.6 Å². The number of thiophene rings is 1. The lowest BCUT2D eigenvalue weighted by Gasteiger charge is -2.22. The van der Waals surface area contributed by atoms with E-state index in [4.69, 9.17) is 0 Å². The van der Waals surface area contributed by atoms with E-state index in [-0.39, 0.29) is 12.0 Å². The van der Waals surface area contributed by atoms with Crippen LogP contribution in [0, 0.1) is 5.92 Å². The van der Waals surface area contributed by atoms with Crippen molar-refractivity contribution in [2.45, 2.75) is 25.4 Å². The third kappa shape index (κ3) is 3.54. The molecule has 2 atom stereocenters. The average Bonchev–Trinajstić information content (AvgIpc) is 3.01. The van der Waals surface area contributed by atoms with Gasteiger partial charge in [-0.25, -0.2) is 0 Å². The zero-order valence-electron chi connectivity index (χ0n) is 10.8. The lowest BCUT2D eigenvalue weighted by Crippen LogP contribution is -2.40. The predicted molar refractivity (Wildman–Crippen MR) is 73.9 cm³/mol. The summed E-state index contributed by atoms with van der Waals surface area (Å²) in [5.74, 6) is -1.11. The Hall–Kier alpha value is -1.40. The van der Waals surface area contributed by atoms with Gasteiger partial charge in [0.25, 0.3) is 0 Å². The van der Waals surface area contributed by atoms with E-state index in [9.17, 15) is 14.7 Å². The Morgan fingerprint density at radius 3 is 2.89 bits per heavy atom. The van der Waals surface area contributed by atoms with Crippen molar-refractivity contribution in [2.75, 3.05) is 18.9 Å². The first-order chi connectivity index (χ1) is 9.08. The molecule has 1 fully saturated rings. The highest BCUT2D eigenvalue weighted by molar-refractivity contribution is 7.08. The summed E-state index contributed by atoms with van der Waals surface area (Å²) in [4.78, 5) is 25.0. The number of carbonyl (C=O) groups is 2. The van der Waals surface area contributed by atoms with Gasteiger partial charge in [-0.05, 0) is 24.3 Å². The number of nitrogens with zero attached hydrogens (tertiary/aromatic N) is 1. The lowest BCUT2D eigenvalue weighted by atomic mass is 10.1. The monoisotopic (exact) mass is 282 g/mol. The minimum absolute atomic E-state index is 0.0860. The molecule has 1 saturated carbocycles. The second-order valence-corrected chi connectivity index (χ2v) is 5.69. The number of anilines is 1. The summed E-state index contributed by atoms with van der Waals surface area (Å²) in [6.07, 6.45) is 2.32. The molecule has 104 valence electrons. The molecule has 0 aromatic carbocycles. The van der Waals surface area contributed by atoms with E-state index in [0.29, 0.717) is 12.2 Å². The molecule has 2 amide bonds. The summed E-state index contributed by atoms with van der Waals surface area (Å²) < 4.78 is 0. The van der Waals surface area contributed by atoms with Gasteiger partial charge in [-0.1, -0.05) is 6.42 Å². The summed E-state index contributed by atoms with van der Waals surface area (Å²) in [6, 6.07) is 1.75. The van der Waals surface area contributed by atoms with E-state index in [1.54, 1.807) is 18.5 Å². The number of hydrogen-bond acceptors (Lipinski definition) is 4. The first-order valence-corrected chi connectivity index (χ1v) is 7.29. The Morgan fingerprint density at radius 2 is 2.32 bits per heavy atom. The van der Waals surface area contributed by atoms with Gasteiger partial charge in [0.05, 0.1) is 11.8 Å². The van der Waals surface area contributed by atoms with E-state index in [0.717, 1.165) is 19.3 Å². The Bertz CT molecular complexity index is 447. The number of carbonyl (C=O) groups excluding carboxylic acids is 2. The molecule has 1 heterocycles. The summed E-state index contributed by atoms with van der Waals surface area (Å²) in [7, 11) is 1.60. The first-order valence-electron chi connectivity index (χ1n) is 6.34. The van der Waals surface area contributed by atoms with Gasteiger partial charge >= 0.3 is 11.8 Å². The summed E-state index contributed by atoms with van der Waals surface area (Å²) in [6.45, 7) is 0.428. The second kappa shape index (κ2) is 6.16. The van der Waals surface area contributed by atoms with E-state index in [1.165, 1.54) is 16.2 Å². The summed E-state index contributed by atoms with van der Waals surface area (Å²) in [5, 5.41) is 15.9. The molecular formula is C13H18N2O3S. The molecule has 1 aromatic rings. The predicted octanol–water partition coefficient (Wildman–Crippen LogP) is 1.31. The lowest BCUT2D eigenvalue weighted by molar-refractivity contribution is -0.142. The molecule has 5 nitrogen and oxygen atoms in total. The minimum atomic E-state index is -0.631. The Balaban J connectivity index is 1.86. The fourth-order valence-electron chi connectivity index (χ4n) is 2.36. The van der Waals surface area contributed by atoms with Gasteiger partial charge in [-0.2, -0.15) is 11.3 Å². The Morgan fingerprint density at radius 1 is 1.53 bits per heavy atom. The first kappa shape index (κ1) is 14.0. The molecule has 6 heteroatoms. The van der Waals surface area contributed by atoms with Crippen LogP contribution in [0.4, 0.5) is 5.69 Å². The van der Waals surface area contributed by atoms with Gasteiger partial charge in [0.2, 0.25) is 0 Å². The van der Waals surface area contributed by atoms with E-state index < -0.39 is 11.8 Å². The van der Waals surface area contributed by atoms with Crippen molar-refractivity contribution in [2.24, 2.45) is 5.92 Å². The maximum absolute atomic E-state index is 11.9. The van der Waals surface area contributed by atoms with E-state index in [2.05, 4.69) is 5.32 Å². The second-order valence-electron chi connectivity index (χ2n) is 4.91. The van der Waals surface area contributed by atoms with Gasteiger partial charge in [0, 0.05) is 24.9 Å². The highest BCUT2D eigenvalue weighted by atomic mass is 32.1. The standard InChI is InChI=1S/C13H18N2O3S/c1-15(7-9-3-2-4-11(9)16)13(18)12(17)14-10-5-6-19-8-10/h5-6,8-9,11,16H,2-4,7H2,1H3,(H,14,17). The number of aliphatic hydroxyl groups is 1. The third-order valence-corrected chi connectivity index (χ3v) is 4.13. The Labute approximate surface area is 116 Å². The van der Waals surface area contributed by atoms with Crippen molar-refractivity contribution in [3.63, 3.8) is 0 Å². The molecule has 0 bridgehead atoms. The smallest absolute Gasteiger partial charge is 0.313 e. The largest absolute Gasteiger partial charge is 0.393 e. The van der Waals surface area contributed by atoms with Gasteiger partial charge in [-0.3, -0.25) is 9.59 Å². The molecule has 2 rings (SSSR count). The molecule has 0 saturated heterocycles. The van der Waals surface area contributed by atoms with Crippen molar-refractivity contribution in [3.8, 4) is 0 Å². The normalized spacial score (nSPS) is 22.2. The maximum atomic E-state index is 11.9. The van der Waals surface area contributed by atoms with Crippen LogP contribution in [0.15, 0.2) is 16.8 Å². The third-order valence-electron chi connectivity index (χ3n) is 3.45. The van der Waals surface area contributed by atoms with Crippen LogP contribution in [-0.4, -0.2) is 41.5 Å². The molecule has 1 aromatic heterocycles. The van der Waals surface area contributed by atoms with Crippen LogP contribution in [0.25, 0.3) is 0 Å². The quantitative estimate of drug-likeness (QED) is 0.821. The fraction of sp³-hybridized carbons (Fsp3) is 0.538. The van der Waals surface area contributed by atoms with Crippen molar-refractivity contribution in [3.05, 3.63) is 16.8 Å². The zero-order valence-corrected chi connectivity index (χ0v) is 11.7. The SMILES string of the molecule is CN(CC1CCCC1O)C(=O)C(=O)Nc1ccsc1. The molecule has 1 aliphatic rings. The number of amides is 2. The van der Waals surface area contributed by atoms with Crippen molar-refractivity contribution < 1.29 is 14.7 Å². The molecule has 0 radical (unpaired) electrons. The van der Waals surface area contributed by atoms with Crippen molar-refractivity contribution in [1.82, 2.24) is 4.90 Å². The van der Waals surface area contributed by atoms with Crippen LogP contribution in [0.3, 0.4) is 0 Å². The zero-order chi connectivity index (χ0) is 13.8.